The number of rotatable bonds is 2. The van der Waals surface area contributed by atoms with E-state index in [2.05, 4.69) is 15.1 Å². The summed E-state index contributed by atoms with van der Waals surface area (Å²) in [4.78, 5) is 8.13. The molecule has 2 aromatic rings. The van der Waals surface area contributed by atoms with Crippen LogP contribution < -0.4 is 0 Å². The standard InChI is InChI=1S/C8H7N3O2/c1-2-5(1)7-10-8(13-11-7)6-3-12-4-9-6/h3-5H,1-2H2. The van der Waals surface area contributed by atoms with Crippen molar-refractivity contribution in [1.82, 2.24) is 15.1 Å². The first-order valence-electron chi connectivity index (χ1n) is 4.15. The second kappa shape index (κ2) is 2.42. The number of hydrogen-bond acceptors (Lipinski definition) is 5. The average molecular weight is 177 g/mol. The van der Waals surface area contributed by atoms with Gasteiger partial charge in [-0.2, -0.15) is 4.98 Å². The molecule has 0 unspecified atom stereocenters. The molecule has 0 aliphatic heterocycles. The Balaban J connectivity index is 1.97. The van der Waals surface area contributed by atoms with Crippen molar-refractivity contribution < 1.29 is 8.94 Å². The molecule has 0 N–H and O–H groups in total. The van der Waals surface area contributed by atoms with E-state index in [-0.39, 0.29) is 0 Å². The minimum absolute atomic E-state index is 0.440. The van der Waals surface area contributed by atoms with Crippen LogP contribution in [0.5, 0.6) is 0 Å². The van der Waals surface area contributed by atoms with Crippen LogP contribution in [0.3, 0.4) is 0 Å². The minimum Gasteiger partial charge on any atom is -0.451 e. The Labute approximate surface area is 73.8 Å². The predicted molar refractivity (Wildman–Crippen MR) is 41.8 cm³/mol. The van der Waals surface area contributed by atoms with E-state index >= 15 is 0 Å². The second-order valence-corrected chi connectivity index (χ2v) is 3.11. The van der Waals surface area contributed by atoms with E-state index in [4.69, 9.17) is 8.94 Å². The SMILES string of the molecule is c1nc(-c2nc(C3CC3)no2)co1. The maximum absolute atomic E-state index is 5.03. The van der Waals surface area contributed by atoms with E-state index in [9.17, 15) is 0 Å². The lowest BCUT2D eigenvalue weighted by Crippen LogP contribution is -1.81. The van der Waals surface area contributed by atoms with Gasteiger partial charge >= 0.3 is 0 Å². The lowest BCUT2D eigenvalue weighted by atomic mass is 10.4. The number of nitrogens with zero attached hydrogens (tertiary/aromatic N) is 3. The van der Waals surface area contributed by atoms with E-state index in [1.807, 2.05) is 0 Å². The quantitative estimate of drug-likeness (QED) is 0.697. The van der Waals surface area contributed by atoms with Gasteiger partial charge in [-0.1, -0.05) is 5.16 Å². The molecule has 5 nitrogen and oxygen atoms in total. The van der Waals surface area contributed by atoms with Crippen LogP contribution in [-0.2, 0) is 0 Å². The summed E-state index contributed by atoms with van der Waals surface area (Å²) in [6.45, 7) is 0. The zero-order valence-corrected chi connectivity index (χ0v) is 6.80. The van der Waals surface area contributed by atoms with Crippen LogP contribution in [0.4, 0.5) is 0 Å². The average Bonchev–Trinajstić information content (AvgIpc) is 2.72. The van der Waals surface area contributed by atoms with Gasteiger partial charge in [0.2, 0.25) is 0 Å². The normalized spacial score (nSPS) is 16.3. The molecule has 5 heteroatoms. The summed E-state index contributed by atoms with van der Waals surface area (Å²) in [6.07, 6.45) is 5.16. The third-order valence-electron chi connectivity index (χ3n) is 2.04. The number of oxazole rings is 1. The molecular weight excluding hydrogens is 170 g/mol. The summed E-state index contributed by atoms with van der Waals surface area (Å²) in [5, 5.41) is 3.87. The molecule has 0 atom stereocenters. The van der Waals surface area contributed by atoms with Crippen molar-refractivity contribution in [2.45, 2.75) is 18.8 Å². The summed E-state index contributed by atoms with van der Waals surface area (Å²) < 4.78 is 9.84. The second-order valence-electron chi connectivity index (χ2n) is 3.11. The molecule has 13 heavy (non-hydrogen) atoms. The summed E-state index contributed by atoms with van der Waals surface area (Å²) >= 11 is 0. The lowest BCUT2D eigenvalue weighted by Gasteiger charge is -1.80. The van der Waals surface area contributed by atoms with Crippen molar-refractivity contribution in [2.24, 2.45) is 0 Å². The Bertz CT molecular complexity index is 403. The smallest absolute Gasteiger partial charge is 0.279 e. The summed E-state index contributed by atoms with van der Waals surface area (Å²) in [5.41, 5.74) is 0.597. The minimum atomic E-state index is 0.440. The monoisotopic (exact) mass is 177 g/mol. The predicted octanol–water partition coefficient (Wildman–Crippen LogP) is 1.60. The van der Waals surface area contributed by atoms with Crippen molar-refractivity contribution in [3.05, 3.63) is 18.5 Å². The van der Waals surface area contributed by atoms with Gasteiger partial charge in [0, 0.05) is 5.92 Å². The van der Waals surface area contributed by atoms with Crippen LogP contribution in [0.15, 0.2) is 21.6 Å². The first-order valence-corrected chi connectivity index (χ1v) is 4.15. The Hall–Kier alpha value is -1.65. The first kappa shape index (κ1) is 6.82. The molecule has 1 fully saturated rings. The van der Waals surface area contributed by atoms with Gasteiger partial charge in [0.1, 0.15) is 6.26 Å². The van der Waals surface area contributed by atoms with Crippen molar-refractivity contribution in [3.8, 4) is 11.6 Å². The van der Waals surface area contributed by atoms with Gasteiger partial charge in [-0.05, 0) is 12.8 Å². The van der Waals surface area contributed by atoms with Crippen molar-refractivity contribution in [3.63, 3.8) is 0 Å². The number of aromatic nitrogens is 3. The van der Waals surface area contributed by atoms with Crippen LogP contribution in [0.1, 0.15) is 24.6 Å². The fourth-order valence-corrected chi connectivity index (χ4v) is 1.16. The van der Waals surface area contributed by atoms with E-state index < -0.39 is 0 Å². The molecule has 0 aromatic carbocycles. The highest BCUT2D eigenvalue weighted by Crippen LogP contribution is 2.38. The zero-order valence-electron chi connectivity index (χ0n) is 6.80. The molecule has 2 aromatic heterocycles. The third-order valence-corrected chi connectivity index (χ3v) is 2.04. The van der Waals surface area contributed by atoms with Gasteiger partial charge in [0.25, 0.3) is 5.89 Å². The van der Waals surface area contributed by atoms with E-state index in [1.165, 1.54) is 12.7 Å². The van der Waals surface area contributed by atoms with Crippen molar-refractivity contribution >= 4 is 0 Å². The van der Waals surface area contributed by atoms with Crippen LogP contribution in [-0.4, -0.2) is 15.1 Å². The summed E-state index contributed by atoms with van der Waals surface area (Å²) in [6, 6.07) is 0. The molecular formula is C8H7N3O2. The Morgan fingerprint density at radius 1 is 1.38 bits per heavy atom. The highest BCUT2D eigenvalue weighted by molar-refractivity contribution is 5.43. The molecule has 1 saturated carbocycles. The highest BCUT2D eigenvalue weighted by Gasteiger charge is 2.29. The molecule has 0 saturated heterocycles. The topological polar surface area (TPSA) is 65.0 Å². The molecule has 3 rings (SSSR count). The molecule has 1 aliphatic rings. The fraction of sp³-hybridized carbons (Fsp3) is 0.375. The molecule has 0 radical (unpaired) electrons. The molecule has 0 bridgehead atoms. The van der Waals surface area contributed by atoms with Gasteiger partial charge in [-0.3, -0.25) is 0 Å². The maximum Gasteiger partial charge on any atom is 0.279 e. The molecule has 66 valence electrons. The molecule has 1 aliphatic carbocycles. The largest absolute Gasteiger partial charge is 0.451 e. The maximum atomic E-state index is 5.03. The van der Waals surface area contributed by atoms with Crippen molar-refractivity contribution in [2.75, 3.05) is 0 Å². The Kier molecular flexibility index (Phi) is 1.27. The Morgan fingerprint density at radius 2 is 2.31 bits per heavy atom. The molecule has 0 amide bonds. The third kappa shape index (κ3) is 1.12. The van der Waals surface area contributed by atoms with E-state index in [0.717, 1.165) is 18.7 Å². The van der Waals surface area contributed by atoms with Crippen LogP contribution in [0.2, 0.25) is 0 Å². The highest BCUT2D eigenvalue weighted by atomic mass is 16.5. The zero-order chi connectivity index (χ0) is 8.67. The first-order chi connectivity index (χ1) is 6.43. The fourth-order valence-electron chi connectivity index (χ4n) is 1.16. The summed E-state index contributed by atoms with van der Waals surface area (Å²) in [5.74, 6) is 1.73. The van der Waals surface area contributed by atoms with Gasteiger partial charge in [-0.25, -0.2) is 4.98 Å². The lowest BCUT2D eigenvalue weighted by molar-refractivity contribution is 0.421. The van der Waals surface area contributed by atoms with Gasteiger partial charge in [-0.15, -0.1) is 0 Å². The Morgan fingerprint density at radius 3 is 3.00 bits per heavy atom. The van der Waals surface area contributed by atoms with Crippen LogP contribution in [0, 0.1) is 0 Å². The van der Waals surface area contributed by atoms with Gasteiger partial charge < -0.3 is 8.94 Å². The van der Waals surface area contributed by atoms with Gasteiger partial charge in [0.05, 0.1) is 0 Å². The molecule has 2 heterocycles. The summed E-state index contributed by atoms with van der Waals surface area (Å²) in [7, 11) is 0. The van der Waals surface area contributed by atoms with E-state index in [1.54, 1.807) is 0 Å². The number of hydrogen-bond donors (Lipinski definition) is 0. The molecule has 0 spiro atoms. The van der Waals surface area contributed by atoms with E-state index in [0.29, 0.717) is 17.5 Å². The van der Waals surface area contributed by atoms with Crippen LogP contribution in [0.25, 0.3) is 11.6 Å². The van der Waals surface area contributed by atoms with Crippen LogP contribution >= 0.6 is 0 Å². The van der Waals surface area contributed by atoms with Gasteiger partial charge in [0.15, 0.2) is 17.9 Å². The van der Waals surface area contributed by atoms with Crippen molar-refractivity contribution in [1.29, 1.82) is 0 Å².